The Morgan fingerprint density at radius 1 is 1.39 bits per heavy atom. The molecule has 0 radical (unpaired) electrons. The number of pyridine rings is 1. The van der Waals surface area contributed by atoms with Gasteiger partial charge in [-0.05, 0) is 45.1 Å². The Hall–Kier alpha value is -2.25. The van der Waals surface area contributed by atoms with Gasteiger partial charge in [0.2, 0.25) is 5.56 Å². The molecule has 5 rings (SSSR count). The van der Waals surface area contributed by atoms with Gasteiger partial charge in [0, 0.05) is 36.4 Å². The Morgan fingerprint density at radius 3 is 3.00 bits per heavy atom. The van der Waals surface area contributed by atoms with E-state index in [1.54, 1.807) is 6.07 Å². The number of fused-ring (bicyclic) bond motifs is 2. The SMILES string of the molecule is CN(C)C[C@H]1[C@@H]2CC[C@@]3(CN(C(=O)c4cc(=O)[nH]c5cc(F)ccc45)C[C@@H]13)O2. The summed E-state index contributed by atoms with van der Waals surface area (Å²) in [6.45, 7) is 2.15. The van der Waals surface area contributed by atoms with E-state index in [0.717, 1.165) is 19.4 Å². The number of aromatic nitrogens is 1. The molecule has 6 nitrogen and oxygen atoms in total. The van der Waals surface area contributed by atoms with Crippen molar-refractivity contribution in [2.45, 2.75) is 24.5 Å². The van der Waals surface area contributed by atoms with E-state index >= 15 is 0 Å². The Balaban J connectivity index is 1.48. The van der Waals surface area contributed by atoms with Crippen molar-refractivity contribution in [2.24, 2.45) is 11.8 Å². The normalized spacial score (nSPS) is 31.1. The van der Waals surface area contributed by atoms with Crippen molar-refractivity contribution in [2.75, 3.05) is 33.7 Å². The van der Waals surface area contributed by atoms with Crippen LogP contribution in [0.2, 0.25) is 0 Å². The fourth-order valence-electron chi connectivity index (χ4n) is 5.59. The minimum absolute atomic E-state index is 0.179. The zero-order valence-corrected chi connectivity index (χ0v) is 16.1. The molecule has 4 atom stereocenters. The highest BCUT2D eigenvalue weighted by Crippen LogP contribution is 2.55. The van der Waals surface area contributed by atoms with E-state index in [1.165, 1.54) is 18.2 Å². The Labute approximate surface area is 162 Å². The minimum Gasteiger partial charge on any atom is -0.369 e. The molecule has 0 saturated carbocycles. The molecule has 2 aromatic rings. The number of rotatable bonds is 3. The van der Waals surface area contributed by atoms with Gasteiger partial charge in [-0.25, -0.2) is 4.39 Å². The zero-order chi connectivity index (χ0) is 19.6. The molecule has 1 spiro atoms. The number of nitrogens with one attached hydrogen (secondary N) is 1. The third-order valence-electron chi connectivity index (χ3n) is 6.68. The van der Waals surface area contributed by atoms with E-state index in [1.807, 2.05) is 4.90 Å². The van der Waals surface area contributed by atoms with E-state index in [2.05, 4.69) is 24.0 Å². The predicted molar refractivity (Wildman–Crippen MR) is 103 cm³/mol. The number of carbonyl (C=O) groups is 1. The molecule has 1 aromatic heterocycles. The smallest absolute Gasteiger partial charge is 0.254 e. The summed E-state index contributed by atoms with van der Waals surface area (Å²) in [6.07, 6.45) is 2.31. The largest absolute Gasteiger partial charge is 0.369 e. The van der Waals surface area contributed by atoms with Gasteiger partial charge in [-0.3, -0.25) is 9.59 Å². The van der Waals surface area contributed by atoms with Crippen molar-refractivity contribution in [3.63, 3.8) is 0 Å². The van der Waals surface area contributed by atoms with Crippen LogP contribution in [0.15, 0.2) is 29.1 Å². The summed E-state index contributed by atoms with van der Waals surface area (Å²) in [6, 6.07) is 5.44. The predicted octanol–water partition coefficient (Wildman–Crippen LogP) is 1.85. The average molecular weight is 385 g/mol. The number of carbonyl (C=O) groups excluding carboxylic acids is 1. The molecule has 7 heteroatoms. The minimum atomic E-state index is -0.445. The number of benzene rings is 1. The summed E-state index contributed by atoms with van der Waals surface area (Å²) in [5.74, 6) is 0.122. The van der Waals surface area contributed by atoms with Gasteiger partial charge in [-0.15, -0.1) is 0 Å². The first-order valence-corrected chi connectivity index (χ1v) is 9.81. The molecule has 4 heterocycles. The van der Waals surface area contributed by atoms with E-state index in [-0.39, 0.29) is 17.6 Å². The summed E-state index contributed by atoms with van der Waals surface area (Å²) < 4.78 is 20.0. The molecule has 148 valence electrons. The van der Waals surface area contributed by atoms with Crippen LogP contribution in [0.3, 0.4) is 0 Å². The molecule has 3 aliphatic heterocycles. The van der Waals surface area contributed by atoms with Crippen molar-refractivity contribution >= 4 is 16.8 Å². The first-order chi connectivity index (χ1) is 13.4. The van der Waals surface area contributed by atoms with Gasteiger partial charge in [-0.1, -0.05) is 0 Å². The standard InChI is InChI=1S/C21H24FN3O3/c1-24(2)9-15-16-10-25(11-21(16)6-5-18(15)28-21)20(27)14-8-19(26)23-17-7-12(22)3-4-13(14)17/h3-4,7-8,15-16,18H,5-6,9-11H2,1-2H3,(H,23,26)/t15-,16+,18+,21+/m1/s1. The maximum absolute atomic E-state index is 13.6. The van der Waals surface area contributed by atoms with Crippen molar-refractivity contribution < 1.29 is 13.9 Å². The average Bonchev–Trinajstić information content (AvgIpc) is 3.29. The van der Waals surface area contributed by atoms with Crippen LogP contribution < -0.4 is 5.56 Å². The zero-order valence-electron chi connectivity index (χ0n) is 16.1. The molecule has 1 aromatic carbocycles. The summed E-state index contributed by atoms with van der Waals surface area (Å²) in [5, 5.41) is 0.565. The first kappa shape index (κ1) is 17.8. The van der Waals surface area contributed by atoms with Crippen LogP contribution in [0.4, 0.5) is 4.39 Å². The molecule has 3 fully saturated rings. The number of amides is 1. The lowest BCUT2D eigenvalue weighted by Gasteiger charge is -2.30. The summed E-state index contributed by atoms with van der Waals surface area (Å²) >= 11 is 0. The maximum Gasteiger partial charge on any atom is 0.254 e. The monoisotopic (exact) mass is 385 g/mol. The lowest BCUT2D eigenvalue weighted by atomic mass is 9.73. The molecular weight excluding hydrogens is 361 g/mol. The van der Waals surface area contributed by atoms with Crippen LogP contribution in [-0.4, -0.2) is 66.1 Å². The van der Waals surface area contributed by atoms with Crippen LogP contribution in [0, 0.1) is 17.7 Å². The number of likely N-dealkylation sites (tertiary alicyclic amines) is 1. The van der Waals surface area contributed by atoms with Crippen LogP contribution in [0.25, 0.3) is 10.9 Å². The Kier molecular flexibility index (Phi) is 3.90. The quantitative estimate of drug-likeness (QED) is 0.876. The molecule has 0 aliphatic carbocycles. The second-order valence-corrected chi connectivity index (χ2v) is 8.72. The second-order valence-electron chi connectivity index (χ2n) is 8.72. The lowest BCUT2D eigenvalue weighted by Crippen LogP contribution is -2.40. The van der Waals surface area contributed by atoms with Gasteiger partial charge in [0.25, 0.3) is 5.91 Å². The van der Waals surface area contributed by atoms with Crippen molar-refractivity contribution in [3.05, 3.63) is 46.0 Å². The number of hydrogen-bond donors (Lipinski definition) is 1. The molecule has 0 unspecified atom stereocenters. The summed E-state index contributed by atoms with van der Waals surface area (Å²) in [5.41, 5.74) is 0.0241. The van der Waals surface area contributed by atoms with Crippen molar-refractivity contribution in [1.29, 1.82) is 0 Å². The highest BCUT2D eigenvalue weighted by molar-refractivity contribution is 6.06. The first-order valence-electron chi connectivity index (χ1n) is 9.81. The maximum atomic E-state index is 13.6. The fraction of sp³-hybridized carbons (Fsp3) is 0.524. The Bertz CT molecular complexity index is 1020. The molecule has 3 saturated heterocycles. The second kappa shape index (κ2) is 6.12. The molecule has 3 aliphatic rings. The van der Waals surface area contributed by atoms with Crippen LogP contribution in [0.5, 0.6) is 0 Å². The molecular formula is C21H24FN3O3. The molecule has 28 heavy (non-hydrogen) atoms. The number of ether oxygens (including phenoxy) is 1. The number of hydrogen-bond acceptors (Lipinski definition) is 4. The van der Waals surface area contributed by atoms with Crippen LogP contribution >= 0.6 is 0 Å². The van der Waals surface area contributed by atoms with Crippen LogP contribution in [-0.2, 0) is 4.74 Å². The van der Waals surface area contributed by atoms with E-state index < -0.39 is 11.4 Å². The highest BCUT2D eigenvalue weighted by atomic mass is 19.1. The van der Waals surface area contributed by atoms with E-state index in [0.29, 0.717) is 41.4 Å². The van der Waals surface area contributed by atoms with E-state index in [9.17, 15) is 14.0 Å². The number of halogens is 1. The third-order valence-corrected chi connectivity index (χ3v) is 6.68. The van der Waals surface area contributed by atoms with E-state index in [4.69, 9.17) is 4.74 Å². The Morgan fingerprint density at radius 2 is 2.21 bits per heavy atom. The molecule has 2 bridgehead atoms. The van der Waals surface area contributed by atoms with Gasteiger partial charge in [0.1, 0.15) is 5.82 Å². The molecule has 1 N–H and O–H groups in total. The van der Waals surface area contributed by atoms with Crippen molar-refractivity contribution in [3.8, 4) is 0 Å². The van der Waals surface area contributed by atoms with Gasteiger partial charge >= 0.3 is 0 Å². The molecule has 1 amide bonds. The fourth-order valence-corrected chi connectivity index (χ4v) is 5.59. The topological polar surface area (TPSA) is 65.6 Å². The third kappa shape index (κ3) is 2.60. The van der Waals surface area contributed by atoms with Gasteiger partial charge in [-0.2, -0.15) is 0 Å². The summed E-state index contributed by atoms with van der Waals surface area (Å²) in [7, 11) is 4.14. The number of nitrogens with zero attached hydrogens (tertiary/aromatic N) is 2. The lowest BCUT2D eigenvalue weighted by molar-refractivity contribution is 0.00258. The van der Waals surface area contributed by atoms with Crippen molar-refractivity contribution in [1.82, 2.24) is 14.8 Å². The van der Waals surface area contributed by atoms with Crippen LogP contribution in [0.1, 0.15) is 23.2 Å². The highest BCUT2D eigenvalue weighted by Gasteiger charge is 2.63. The van der Waals surface area contributed by atoms with Gasteiger partial charge < -0.3 is 19.5 Å². The number of aromatic amines is 1. The number of H-pyrrole nitrogens is 1. The summed E-state index contributed by atoms with van der Waals surface area (Å²) in [4.78, 5) is 32.0. The van der Waals surface area contributed by atoms with Gasteiger partial charge in [0.15, 0.2) is 0 Å². The van der Waals surface area contributed by atoms with Gasteiger partial charge in [0.05, 0.1) is 29.3 Å².